The molecule has 140 valence electrons. The topological polar surface area (TPSA) is 56.9 Å². The first-order chi connectivity index (χ1) is 13.7. The molecular weight excluding hydrogens is 420 g/mol. The first kappa shape index (κ1) is 18.3. The summed E-state index contributed by atoms with van der Waals surface area (Å²) < 4.78 is 17.3. The Morgan fingerprint density at radius 2 is 1.89 bits per heavy atom. The van der Waals surface area contributed by atoms with Crippen molar-refractivity contribution >= 4 is 38.9 Å². The number of methoxy groups -OCH3 is 2. The number of rotatable bonds is 5. The van der Waals surface area contributed by atoms with Crippen LogP contribution in [0.1, 0.15) is 5.56 Å². The van der Waals surface area contributed by atoms with E-state index >= 15 is 0 Å². The highest BCUT2D eigenvalue weighted by molar-refractivity contribution is 9.10. The van der Waals surface area contributed by atoms with Crippen molar-refractivity contribution in [3.05, 3.63) is 70.7 Å². The fourth-order valence-electron chi connectivity index (χ4n) is 2.79. The van der Waals surface area contributed by atoms with Gasteiger partial charge in [0, 0.05) is 11.8 Å². The van der Waals surface area contributed by atoms with Crippen LogP contribution in [0.2, 0.25) is 0 Å². The summed E-state index contributed by atoms with van der Waals surface area (Å²) in [6.45, 7) is 0. The molecule has 3 aromatic carbocycles. The van der Waals surface area contributed by atoms with Gasteiger partial charge < -0.3 is 13.9 Å². The summed E-state index contributed by atoms with van der Waals surface area (Å²) in [7, 11) is 3.28. The summed E-state index contributed by atoms with van der Waals surface area (Å²) in [4.78, 5) is 9.13. The van der Waals surface area contributed by atoms with E-state index in [-0.39, 0.29) is 0 Å². The maximum atomic E-state index is 5.87. The molecule has 0 unspecified atom stereocenters. The van der Waals surface area contributed by atoms with Crippen molar-refractivity contribution < 1.29 is 13.9 Å². The smallest absolute Gasteiger partial charge is 0.227 e. The molecule has 0 amide bonds. The van der Waals surface area contributed by atoms with Crippen LogP contribution < -0.4 is 9.47 Å². The SMILES string of the molecule is COc1cccc(-c2nc3cc(N=Cc4ccc(OC)c(Br)c4)ccc3o2)c1. The second kappa shape index (κ2) is 7.86. The van der Waals surface area contributed by atoms with Gasteiger partial charge in [0.15, 0.2) is 5.58 Å². The van der Waals surface area contributed by atoms with Gasteiger partial charge in [0.25, 0.3) is 0 Å². The van der Waals surface area contributed by atoms with Gasteiger partial charge >= 0.3 is 0 Å². The minimum Gasteiger partial charge on any atom is -0.497 e. The van der Waals surface area contributed by atoms with Crippen molar-refractivity contribution in [1.29, 1.82) is 0 Å². The molecule has 0 aliphatic rings. The lowest BCUT2D eigenvalue weighted by molar-refractivity contribution is 0.412. The lowest BCUT2D eigenvalue weighted by Gasteiger charge is -2.03. The average Bonchev–Trinajstić information content (AvgIpc) is 3.16. The molecule has 0 fully saturated rings. The fourth-order valence-corrected chi connectivity index (χ4v) is 3.35. The molecule has 0 bridgehead atoms. The number of aromatic nitrogens is 1. The Morgan fingerprint density at radius 1 is 1.00 bits per heavy atom. The van der Waals surface area contributed by atoms with Crippen LogP contribution in [0.15, 0.2) is 74.5 Å². The highest BCUT2D eigenvalue weighted by atomic mass is 79.9. The van der Waals surface area contributed by atoms with Crippen LogP contribution in [0.5, 0.6) is 11.5 Å². The number of hydrogen-bond donors (Lipinski definition) is 0. The van der Waals surface area contributed by atoms with Gasteiger partial charge in [-0.3, -0.25) is 4.99 Å². The molecule has 0 atom stereocenters. The first-order valence-corrected chi connectivity index (χ1v) is 9.38. The molecular formula is C22H17BrN2O3. The number of nitrogens with zero attached hydrogens (tertiary/aromatic N) is 2. The molecule has 0 N–H and O–H groups in total. The molecule has 28 heavy (non-hydrogen) atoms. The van der Waals surface area contributed by atoms with Crippen molar-refractivity contribution in [1.82, 2.24) is 4.98 Å². The second-order valence-corrected chi connectivity index (χ2v) is 6.91. The highest BCUT2D eigenvalue weighted by Gasteiger charge is 2.09. The first-order valence-electron chi connectivity index (χ1n) is 8.59. The number of aliphatic imine (C=N–C) groups is 1. The Bertz CT molecular complexity index is 1170. The van der Waals surface area contributed by atoms with E-state index in [2.05, 4.69) is 25.9 Å². The molecule has 4 aromatic rings. The number of halogens is 1. The van der Waals surface area contributed by atoms with E-state index in [1.165, 1.54) is 0 Å². The minimum absolute atomic E-state index is 0.550. The fraction of sp³-hybridized carbons (Fsp3) is 0.0909. The van der Waals surface area contributed by atoms with Gasteiger partial charge in [0.2, 0.25) is 5.89 Å². The maximum Gasteiger partial charge on any atom is 0.227 e. The van der Waals surface area contributed by atoms with Gasteiger partial charge in [0.05, 0.1) is 24.4 Å². The van der Waals surface area contributed by atoms with E-state index in [1.807, 2.05) is 60.7 Å². The third-order valence-corrected chi connectivity index (χ3v) is 4.85. The zero-order valence-electron chi connectivity index (χ0n) is 15.3. The molecule has 0 aliphatic carbocycles. The van der Waals surface area contributed by atoms with Gasteiger partial charge in [-0.2, -0.15) is 0 Å². The maximum absolute atomic E-state index is 5.87. The normalized spacial score (nSPS) is 11.2. The van der Waals surface area contributed by atoms with E-state index in [1.54, 1.807) is 20.4 Å². The van der Waals surface area contributed by atoms with Crippen LogP contribution in [0.3, 0.4) is 0 Å². The number of ether oxygens (including phenoxy) is 2. The van der Waals surface area contributed by atoms with Gasteiger partial charge in [-0.1, -0.05) is 6.07 Å². The van der Waals surface area contributed by atoms with Crippen LogP contribution in [0.4, 0.5) is 5.69 Å². The lowest BCUT2D eigenvalue weighted by atomic mass is 10.2. The summed E-state index contributed by atoms with van der Waals surface area (Å²) in [5.41, 5.74) is 4.09. The van der Waals surface area contributed by atoms with E-state index < -0.39 is 0 Å². The Morgan fingerprint density at radius 3 is 2.68 bits per heavy atom. The second-order valence-electron chi connectivity index (χ2n) is 6.06. The van der Waals surface area contributed by atoms with Gasteiger partial charge in [-0.25, -0.2) is 4.98 Å². The van der Waals surface area contributed by atoms with E-state index in [4.69, 9.17) is 13.9 Å². The molecule has 4 rings (SSSR count). The summed E-state index contributed by atoms with van der Waals surface area (Å²) in [6, 6.07) is 19.1. The predicted molar refractivity (Wildman–Crippen MR) is 114 cm³/mol. The van der Waals surface area contributed by atoms with E-state index in [0.717, 1.165) is 38.3 Å². The number of benzene rings is 3. The van der Waals surface area contributed by atoms with Crippen LogP contribution in [-0.2, 0) is 0 Å². The molecule has 0 radical (unpaired) electrons. The Labute approximate surface area is 170 Å². The Balaban J connectivity index is 1.62. The Kier molecular flexibility index (Phi) is 5.12. The van der Waals surface area contributed by atoms with Gasteiger partial charge in [0.1, 0.15) is 17.0 Å². The summed E-state index contributed by atoms with van der Waals surface area (Å²) in [5, 5.41) is 0. The molecule has 5 nitrogen and oxygen atoms in total. The minimum atomic E-state index is 0.550. The lowest BCUT2D eigenvalue weighted by Crippen LogP contribution is -1.86. The third kappa shape index (κ3) is 3.77. The predicted octanol–water partition coefficient (Wildman–Crippen LogP) is 6.03. The molecule has 6 heteroatoms. The molecule has 0 aliphatic heterocycles. The zero-order valence-corrected chi connectivity index (χ0v) is 16.9. The van der Waals surface area contributed by atoms with Crippen LogP contribution in [0, 0.1) is 0 Å². The van der Waals surface area contributed by atoms with Gasteiger partial charge in [-0.05, 0) is 76.1 Å². The molecule has 1 heterocycles. The highest BCUT2D eigenvalue weighted by Crippen LogP contribution is 2.29. The number of hydrogen-bond acceptors (Lipinski definition) is 5. The molecule has 0 saturated carbocycles. The quantitative estimate of drug-likeness (QED) is 0.358. The summed E-state index contributed by atoms with van der Waals surface area (Å²) in [6.07, 6.45) is 1.80. The van der Waals surface area contributed by atoms with Crippen molar-refractivity contribution in [2.75, 3.05) is 14.2 Å². The van der Waals surface area contributed by atoms with Gasteiger partial charge in [-0.15, -0.1) is 0 Å². The monoisotopic (exact) mass is 436 g/mol. The van der Waals surface area contributed by atoms with E-state index in [0.29, 0.717) is 11.5 Å². The molecule has 0 spiro atoms. The Hall–Kier alpha value is -3.12. The zero-order chi connectivity index (χ0) is 19.5. The van der Waals surface area contributed by atoms with Crippen molar-refractivity contribution in [2.45, 2.75) is 0 Å². The standard InChI is InChI=1S/C22H17BrN2O3/c1-26-17-5-3-4-15(11-17)22-25-19-12-16(7-9-21(19)28-22)24-13-14-6-8-20(27-2)18(23)10-14/h3-13H,1-2H3. The summed E-state index contributed by atoms with van der Waals surface area (Å²) in [5.74, 6) is 2.09. The summed E-state index contributed by atoms with van der Waals surface area (Å²) >= 11 is 3.48. The van der Waals surface area contributed by atoms with Crippen molar-refractivity contribution in [2.24, 2.45) is 4.99 Å². The third-order valence-electron chi connectivity index (χ3n) is 4.23. The molecule has 1 aromatic heterocycles. The largest absolute Gasteiger partial charge is 0.497 e. The van der Waals surface area contributed by atoms with Crippen LogP contribution in [0.25, 0.3) is 22.6 Å². The number of fused-ring (bicyclic) bond motifs is 1. The number of oxazole rings is 1. The molecule has 0 saturated heterocycles. The van der Waals surface area contributed by atoms with Crippen molar-refractivity contribution in [3.63, 3.8) is 0 Å². The van der Waals surface area contributed by atoms with Crippen LogP contribution >= 0.6 is 15.9 Å². The van der Waals surface area contributed by atoms with E-state index in [9.17, 15) is 0 Å². The van der Waals surface area contributed by atoms with Crippen LogP contribution in [-0.4, -0.2) is 25.4 Å². The van der Waals surface area contributed by atoms with Crippen molar-refractivity contribution in [3.8, 4) is 23.0 Å². The average molecular weight is 437 g/mol.